The molecule has 1 aromatic rings. The lowest BCUT2D eigenvalue weighted by atomic mass is 10.0. The van der Waals surface area contributed by atoms with Crippen LogP contribution in [0.5, 0.6) is 0 Å². The van der Waals surface area contributed by atoms with Gasteiger partial charge in [0.05, 0.1) is 0 Å². The van der Waals surface area contributed by atoms with Gasteiger partial charge in [-0.25, -0.2) is 0 Å². The lowest BCUT2D eigenvalue weighted by molar-refractivity contribution is -0.119. The van der Waals surface area contributed by atoms with Crippen molar-refractivity contribution in [1.29, 1.82) is 0 Å². The average Bonchev–Trinajstić information content (AvgIpc) is 2.33. The van der Waals surface area contributed by atoms with Crippen LogP contribution < -0.4 is 0 Å². The summed E-state index contributed by atoms with van der Waals surface area (Å²) >= 11 is 1.68. The molecule has 0 fully saturated rings. The molecule has 0 unspecified atom stereocenters. The summed E-state index contributed by atoms with van der Waals surface area (Å²) in [5.74, 6) is 0.838. The number of rotatable bonds is 4. The zero-order chi connectivity index (χ0) is 9.84. The van der Waals surface area contributed by atoms with Crippen molar-refractivity contribution < 1.29 is 4.79 Å². The highest BCUT2D eigenvalue weighted by Crippen LogP contribution is 2.15. The first-order valence-electron chi connectivity index (χ1n) is 4.63. The van der Waals surface area contributed by atoms with E-state index in [1.165, 1.54) is 10.4 Å². The Bertz CT molecular complexity index is 286. The van der Waals surface area contributed by atoms with Crippen LogP contribution in [0.2, 0.25) is 0 Å². The van der Waals surface area contributed by atoms with Gasteiger partial charge in [0.1, 0.15) is 5.78 Å². The van der Waals surface area contributed by atoms with Gasteiger partial charge >= 0.3 is 0 Å². The van der Waals surface area contributed by atoms with Gasteiger partial charge in [-0.05, 0) is 29.9 Å². The second-order valence-corrected chi connectivity index (χ2v) is 4.90. The van der Waals surface area contributed by atoms with Gasteiger partial charge in [0.25, 0.3) is 0 Å². The van der Waals surface area contributed by atoms with Crippen molar-refractivity contribution >= 4 is 17.1 Å². The van der Waals surface area contributed by atoms with Gasteiger partial charge in [-0.2, -0.15) is 0 Å². The summed E-state index contributed by atoms with van der Waals surface area (Å²) < 4.78 is 0. The lowest BCUT2D eigenvalue weighted by Crippen LogP contribution is -2.04. The van der Waals surface area contributed by atoms with Gasteiger partial charge in [-0.15, -0.1) is 11.3 Å². The Labute approximate surface area is 83.8 Å². The molecule has 0 spiro atoms. The largest absolute Gasteiger partial charge is 0.299 e. The summed E-state index contributed by atoms with van der Waals surface area (Å²) in [7, 11) is 0. The van der Waals surface area contributed by atoms with Crippen molar-refractivity contribution in [1.82, 2.24) is 0 Å². The second-order valence-electron chi connectivity index (χ2n) is 3.90. The molecular weight excluding hydrogens is 180 g/mol. The number of carbonyl (C=O) groups is 1. The number of hydrogen-bond acceptors (Lipinski definition) is 2. The van der Waals surface area contributed by atoms with Crippen LogP contribution in [0.15, 0.2) is 11.4 Å². The normalized spacial score (nSPS) is 10.8. The highest BCUT2D eigenvalue weighted by atomic mass is 32.1. The minimum atomic E-state index is 0.358. The Morgan fingerprint density at radius 3 is 2.69 bits per heavy atom. The van der Waals surface area contributed by atoms with Gasteiger partial charge in [0.15, 0.2) is 0 Å². The van der Waals surface area contributed by atoms with E-state index in [1.54, 1.807) is 11.3 Å². The second kappa shape index (κ2) is 4.56. The predicted octanol–water partition coefficient (Wildman–Crippen LogP) is 3.21. The van der Waals surface area contributed by atoms with E-state index in [2.05, 4.69) is 32.2 Å². The average molecular weight is 196 g/mol. The zero-order valence-electron chi connectivity index (χ0n) is 8.46. The molecule has 13 heavy (non-hydrogen) atoms. The number of hydrogen-bond donors (Lipinski definition) is 0. The highest BCUT2D eigenvalue weighted by molar-refractivity contribution is 7.10. The van der Waals surface area contributed by atoms with Crippen molar-refractivity contribution in [3.63, 3.8) is 0 Å². The van der Waals surface area contributed by atoms with Crippen molar-refractivity contribution in [2.45, 2.75) is 33.6 Å². The third kappa shape index (κ3) is 3.73. The summed E-state index contributed by atoms with van der Waals surface area (Å²) in [5, 5.41) is 2.10. The first-order valence-corrected chi connectivity index (χ1v) is 5.51. The Morgan fingerprint density at radius 2 is 2.23 bits per heavy atom. The van der Waals surface area contributed by atoms with Crippen molar-refractivity contribution in [3.05, 3.63) is 21.9 Å². The Morgan fingerprint density at radius 1 is 1.54 bits per heavy atom. The highest BCUT2D eigenvalue weighted by Gasteiger charge is 2.07. The molecular formula is C11H16OS. The molecule has 0 saturated carbocycles. The minimum absolute atomic E-state index is 0.358. The number of carbonyl (C=O) groups excluding carboxylic acids is 1. The SMILES string of the molecule is Cc1csc(CC(=O)CC(C)C)c1. The first-order chi connectivity index (χ1) is 6.08. The Hall–Kier alpha value is -0.630. The number of ketones is 1. The number of aryl methyl sites for hydroxylation is 1. The first kappa shape index (κ1) is 10.5. The fraction of sp³-hybridized carbons (Fsp3) is 0.545. The van der Waals surface area contributed by atoms with Crippen LogP contribution in [0.1, 0.15) is 30.7 Å². The maximum Gasteiger partial charge on any atom is 0.138 e. The number of Topliss-reactive ketones (excluding diaryl/α,β-unsaturated/α-hetero) is 1. The Balaban J connectivity index is 2.45. The third-order valence-electron chi connectivity index (χ3n) is 1.79. The molecule has 0 aromatic carbocycles. The topological polar surface area (TPSA) is 17.1 Å². The number of thiophene rings is 1. The maximum absolute atomic E-state index is 11.4. The van der Waals surface area contributed by atoms with E-state index in [9.17, 15) is 4.79 Å². The lowest BCUT2D eigenvalue weighted by Gasteiger charge is -2.01. The molecule has 1 aromatic heterocycles. The monoisotopic (exact) mass is 196 g/mol. The van der Waals surface area contributed by atoms with Crippen LogP contribution >= 0.6 is 11.3 Å². The van der Waals surface area contributed by atoms with E-state index in [-0.39, 0.29) is 0 Å². The van der Waals surface area contributed by atoms with Crippen LogP contribution in [-0.4, -0.2) is 5.78 Å². The van der Waals surface area contributed by atoms with E-state index in [0.717, 1.165) is 0 Å². The van der Waals surface area contributed by atoms with Crippen molar-refractivity contribution in [3.8, 4) is 0 Å². The fourth-order valence-electron chi connectivity index (χ4n) is 1.31. The van der Waals surface area contributed by atoms with Gasteiger partial charge in [0, 0.05) is 17.7 Å². The molecule has 0 bridgehead atoms. The summed E-state index contributed by atoms with van der Waals surface area (Å²) in [5.41, 5.74) is 1.26. The van der Waals surface area contributed by atoms with E-state index < -0.39 is 0 Å². The minimum Gasteiger partial charge on any atom is -0.299 e. The summed E-state index contributed by atoms with van der Waals surface area (Å²) in [6, 6.07) is 2.10. The van der Waals surface area contributed by atoms with Crippen LogP contribution in [0.4, 0.5) is 0 Å². The van der Waals surface area contributed by atoms with Gasteiger partial charge in [-0.1, -0.05) is 13.8 Å². The molecule has 1 rings (SSSR count). The van der Waals surface area contributed by atoms with Crippen LogP contribution in [0, 0.1) is 12.8 Å². The summed E-state index contributed by atoms with van der Waals surface area (Å²) in [6.07, 6.45) is 1.33. The van der Waals surface area contributed by atoms with E-state index in [4.69, 9.17) is 0 Å². The fourth-order valence-corrected chi connectivity index (χ4v) is 2.21. The summed E-state index contributed by atoms with van der Waals surface area (Å²) in [4.78, 5) is 12.6. The van der Waals surface area contributed by atoms with Crippen LogP contribution in [0.25, 0.3) is 0 Å². The molecule has 0 aliphatic rings. The zero-order valence-corrected chi connectivity index (χ0v) is 9.28. The van der Waals surface area contributed by atoms with Gasteiger partial charge in [-0.3, -0.25) is 4.79 Å². The van der Waals surface area contributed by atoms with E-state index in [0.29, 0.717) is 24.5 Å². The van der Waals surface area contributed by atoms with Gasteiger partial charge < -0.3 is 0 Å². The quantitative estimate of drug-likeness (QED) is 0.722. The molecule has 0 saturated heterocycles. The van der Waals surface area contributed by atoms with Crippen LogP contribution in [-0.2, 0) is 11.2 Å². The maximum atomic E-state index is 11.4. The molecule has 0 aliphatic carbocycles. The van der Waals surface area contributed by atoms with E-state index >= 15 is 0 Å². The molecule has 2 heteroatoms. The molecule has 72 valence electrons. The van der Waals surface area contributed by atoms with Crippen LogP contribution in [0.3, 0.4) is 0 Å². The van der Waals surface area contributed by atoms with E-state index in [1.807, 2.05) is 0 Å². The molecule has 0 radical (unpaired) electrons. The smallest absolute Gasteiger partial charge is 0.138 e. The van der Waals surface area contributed by atoms with Crippen molar-refractivity contribution in [2.24, 2.45) is 5.92 Å². The van der Waals surface area contributed by atoms with Gasteiger partial charge in [0.2, 0.25) is 0 Å². The predicted molar refractivity (Wildman–Crippen MR) is 57.2 cm³/mol. The molecule has 1 heterocycles. The third-order valence-corrected chi connectivity index (χ3v) is 2.85. The molecule has 0 N–H and O–H groups in total. The molecule has 0 amide bonds. The Kier molecular flexibility index (Phi) is 3.67. The standard InChI is InChI=1S/C11H16OS/c1-8(2)4-10(12)6-11-5-9(3)7-13-11/h5,7-8H,4,6H2,1-3H3. The summed E-state index contributed by atoms with van der Waals surface area (Å²) in [6.45, 7) is 6.22. The molecule has 1 nitrogen and oxygen atoms in total. The molecule has 0 aliphatic heterocycles. The molecule has 0 atom stereocenters. The van der Waals surface area contributed by atoms with Crippen molar-refractivity contribution in [2.75, 3.05) is 0 Å².